The number of nitrogen functional groups attached to an aromatic ring is 1. The Bertz CT molecular complexity index is 1060. The molecule has 2 atom stereocenters. The SMILES string of the molecule is Nc1nccc2cc(CNC(=O)[C@@H]3CCCN3C(=O)[C@@H](CC3CCCCC3)NC3CCCC3)ccc12. The second-order valence-electron chi connectivity index (χ2n) is 11.1. The van der Waals surface area contributed by atoms with Gasteiger partial charge in [-0.3, -0.25) is 9.59 Å². The quantitative estimate of drug-likeness (QED) is 0.511. The van der Waals surface area contributed by atoms with Crippen molar-refractivity contribution < 1.29 is 9.59 Å². The summed E-state index contributed by atoms with van der Waals surface area (Å²) < 4.78 is 0. The molecule has 0 bridgehead atoms. The van der Waals surface area contributed by atoms with Crippen LogP contribution in [0.15, 0.2) is 30.5 Å². The van der Waals surface area contributed by atoms with Gasteiger partial charge in [0.2, 0.25) is 11.8 Å². The molecule has 194 valence electrons. The zero-order valence-corrected chi connectivity index (χ0v) is 21.4. The highest BCUT2D eigenvalue weighted by Crippen LogP contribution is 2.30. The summed E-state index contributed by atoms with van der Waals surface area (Å²) in [6.07, 6.45) is 15.4. The molecular formula is C29H41N5O2. The van der Waals surface area contributed by atoms with E-state index in [-0.39, 0.29) is 23.9 Å². The van der Waals surface area contributed by atoms with Crippen molar-refractivity contribution in [2.24, 2.45) is 5.92 Å². The number of hydrogen-bond donors (Lipinski definition) is 3. The Hall–Kier alpha value is -2.67. The summed E-state index contributed by atoms with van der Waals surface area (Å²) in [6, 6.07) is 7.80. The van der Waals surface area contributed by atoms with Gasteiger partial charge in [-0.15, -0.1) is 0 Å². The van der Waals surface area contributed by atoms with Gasteiger partial charge in [0.05, 0.1) is 6.04 Å². The smallest absolute Gasteiger partial charge is 0.243 e. The van der Waals surface area contributed by atoms with E-state index in [4.69, 9.17) is 5.73 Å². The molecule has 36 heavy (non-hydrogen) atoms. The van der Waals surface area contributed by atoms with Crippen molar-refractivity contribution in [3.8, 4) is 0 Å². The molecule has 7 heteroatoms. The molecule has 1 aliphatic heterocycles. The van der Waals surface area contributed by atoms with Gasteiger partial charge in [0.15, 0.2) is 0 Å². The highest BCUT2D eigenvalue weighted by molar-refractivity contribution is 5.92. The van der Waals surface area contributed by atoms with E-state index < -0.39 is 0 Å². The Morgan fingerprint density at radius 1 is 1.00 bits per heavy atom. The molecule has 3 aliphatic rings. The van der Waals surface area contributed by atoms with E-state index >= 15 is 0 Å². The van der Waals surface area contributed by atoms with Crippen molar-refractivity contribution in [2.75, 3.05) is 12.3 Å². The Balaban J connectivity index is 1.23. The van der Waals surface area contributed by atoms with Crippen LogP contribution >= 0.6 is 0 Å². The lowest BCUT2D eigenvalue weighted by molar-refractivity contribution is -0.140. The second-order valence-corrected chi connectivity index (χ2v) is 11.1. The number of benzene rings is 1. The number of anilines is 1. The van der Waals surface area contributed by atoms with Gasteiger partial charge in [-0.1, -0.05) is 57.1 Å². The molecule has 2 aliphatic carbocycles. The average molecular weight is 492 g/mol. The Kier molecular flexibility index (Phi) is 8.05. The van der Waals surface area contributed by atoms with Gasteiger partial charge >= 0.3 is 0 Å². The molecule has 1 saturated heterocycles. The van der Waals surface area contributed by atoms with E-state index in [0.29, 0.717) is 30.9 Å². The summed E-state index contributed by atoms with van der Waals surface area (Å²) in [4.78, 5) is 33.1. The largest absolute Gasteiger partial charge is 0.383 e. The number of nitrogens with zero attached hydrogens (tertiary/aromatic N) is 2. The molecule has 2 amide bonds. The zero-order valence-electron chi connectivity index (χ0n) is 21.4. The number of fused-ring (bicyclic) bond motifs is 1. The van der Waals surface area contributed by atoms with Gasteiger partial charge in [-0.05, 0) is 61.1 Å². The highest BCUT2D eigenvalue weighted by atomic mass is 16.2. The van der Waals surface area contributed by atoms with Crippen molar-refractivity contribution in [1.29, 1.82) is 0 Å². The van der Waals surface area contributed by atoms with Gasteiger partial charge in [0.25, 0.3) is 0 Å². The third-order valence-corrected chi connectivity index (χ3v) is 8.55. The molecule has 2 heterocycles. The van der Waals surface area contributed by atoms with Crippen LogP contribution < -0.4 is 16.4 Å². The predicted octanol–water partition coefficient (Wildman–Crippen LogP) is 4.30. The number of likely N-dealkylation sites (tertiary alicyclic amines) is 1. The average Bonchev–Trinajstić information content (AvgIpc) is 3.60. The van der Waals surface area contributed by atoms with Crippen molar-refractivity contribution in [3.63, 3.8) is 0 Å². The molecule has 0 radical (unpaired) electrons. The standard InChI is InChI=1S/C29H41N5O2/c30-27-24-13-12-21(17-22(24)14-15-31-27)19-32-28(35)26-11-6-16-34(26)29(36)25(33-23-9-4-5-10-23)18-20-7-2-1-3-8-20/h12-15,17,20,23,25-26,33H,1-11,16,18-19H2,(H2,30,31)(H,32,35)/t25-,26+/m1/s1. The normalized spacial score (nSPS) is 22.2. The van der Waals surface area contributed by atoms with Gasteiger partial charge < -0.3 is 21.3 Å². The number of nitrogens with two attached hydrogens (primary N) is 1. The summed E-state index contributed by atoms with van der Waals surface area (Å²) in [6.45, 7) is 1.11. The summed E-state index contributed by atoms with van der Waals surface area (Å²) >= 11 is 0. The Morgan fingerprint density at radius 2 is 1.78 bits per heavy atom. The third kappa shape index (κ3) is 5.83. The summed E-state index contributed by atoms with van der Waals surface area (Å²) in [7, 11) is 0. The van der Waals surface area contributed by atoms with Crippen LogP contribution in [-0.2, 0) is 16.1 Å². The number of carbonyl (C=O) groups excluding carboxylic acids is 2. The zero-order chi connectivity index (χ0) is 24.9. The van der Waals surface area contributed by atoms with Crippen molar-refractivity contribution >= 4 is 28.4 Å². The minimum Gasteiger partial charge on any atom is -0.383 e. The van der Waals surface area contributed by atoms with Crippen LogP contribution in [-0.4, -0.2) is 46.4 Å². The molecule has 5 rings (SSSR count). The number of rotatable bonds is 8. The maximum Gasteiger partial charge on any atom is 0.243 e. The summed E-state index contributed by atoms with van der Waals surface area (Å²) in [5, 5.41) is 8.76. The first kappa shape index (κ1) is 25.0. The van der Waals surface area contributed by atoms with E-state index in [1.54, 1.807) is 6.20 Å². The van der Waals surface area contributed by atoms with Gasteiger partial charge in [-0.25, -0.2) is 4.98 Å². The van der Waals surface area contributed by atoms with Crippen LogP contribution in [0.25, 0.3) is 10.8 Å². The minimum atomic E-state index is -0.378. The topological polar surface area (TPSA) is 100 Å². The van der Waals surface area contributed by atoms with Gasteiger partial charge in [-0.2, -0.15) is 0 Å². The predicted molar refractivity (Wildman–Crippen MR) is 143 cm³/mol. The monoisotopic (exact) mass is 491 g/mol. The maximum absolute atomic E-state index is 13.8. The number of hydrogen-bond acceptors (Lipinski definition) is 5. The number of nitrogens with one attached hydrogen (secondary N) is 2. The van der Waals surface area contributed by atoms with E-state index in [0.717, 1.165) is 48.4 Å². The van der Waals surface area contributed by atoms with Crippen LogP contribution in [0.1, 0.15) is 82.6 Å². The lowest BCUT2D eigenvalue weighted by atomic mass is 9.84. The molecule has 2 saturated carbocycles. The molecule has 4 N–H and O–H groups in total. The fourth-order valence-corrected chi connectivity index (χ4v) is 6.54. The first-order chi connectivity index (χ1) is 17.6. The lowest BCUT2D eigenvalue weighted by Crippen LogP contribution is -2.54. The number of aromatic nitrogens is 1. The first-order valence-electron chi connectivity index (χ1n) is 14.1. The van der Waals surface area contributed by atoms with Crippen molar-refractivity contribution in [2.45, 2.75) is 102 Å². The molecule has 3 fully saturated rings. The van der Waals surface area contributed by atoms with Crippen LogP contribution in [0.4, 0.5) is 5.82 Å². The highest BCUT2D eigenvalue weighted by Gasteiger charge is 2.38. The molecule has 0 spiro atoms. The minimum absolute atomic E-state index is 0.0486. The Labute approximate surface area is 214 Å². The molecule has 1 aromatic heterocycles. The number of amides is 2. The van der Waals surface area contributed by atoms with Crippen LogP contribution in [0.3, 0.4) is 0 Å². The molecule has 7 nitrogen and oxygen atoms in total. The third-order valence-electron chi connectivity index (χ3n) is 8.55. The molecule has 2 aromatic rings. The second kappa shape index (κ2) is 11.6. The van der Waals surface area contributed by atoms with E-state index in [1.165, 1.54) is 44.9 Å². The Morgan fingerprint density at radius 3 is 2.58 bits per heavy atom. The molecule has 0 unspecified atom stereocenters. The first-order valence-corrected chi connectivity index (χ1v) is 14.1. The summed E-state index contributed by atoms with van der Waals surface area (Å²) in [5.74, 6) is 1.22. The van der Waals surface area contributed by atoms with Crippen LogP contribution in [0.2, 0.25) is 0 Å². The number of pyridine rings is 1. The fourth-order valence-electron chi connectivity index (χ4n) is 6.54. The van der Waals surface area contributed by atoms with Crippen molar-refractivity contribution in [3.05, 3.63) is 36.0 Å². The van der Waals surface area contributed by atoms with E-state index in [2.05, 4.69) is 15.6 Å². The maximum atomic E-state index is 13.8. The fraction of sp³-hybridized carbons (Fsp3) is 0.621. The van der Waals surface area contributed by atoms with Crippen molar-refractivity contribution in [1.82, 2.24) is 20.5 Å². The molecule has 1 aromatic carbocycles. The van der Waals surface area contributed by atoms with Crippen LogP contribution in [0, 0.1) is 5.92 Å². The molecular weight excluding hydrogens is 450 g/mol. The lowest BCUT2D eigenvalue weighted by Gasteiger charge is -2.33. The van der Waals surface area contributed by atoms with E-state index in [9.17, 15) is 9.59 Å². The van der Waals surface area contributed by atoms with Gasteiger partial charge in [0.1, 0.15) is 11.9 Å². The summed E-state index contributed by atoms with van der Waals surface area (Å²) in [5.41, 5.74) is 6.98. The van der Waals surface area contributed by atoms with Gasteiger partial charge in [0, 0.05) is 30.7 Å². The van der Waals surface area contributed by atoms with Crippen LogP contribution in [0.5, 0.6) is 0 Å². The van der Waals surface area contributed by atoms with E-state index in [1.807, 2.05) is 29.2 Å². The number of carbonyl (C=O) groups is 2.